The minimum absolute atomic E-state index is 0.214. The highest BCUT2D eigenvalue weighted by Gasteiger charge is 2.19. The first-order valence-corrected chi connectivity index (χ1v) is 8.74. The van der Waals surface area contributed by atoms with E-state index in [2.05, 4.69) is 5.16 Å². The molecule has 1 aromatic heterocycles. The van der Waals surface area contributed by atoms with Crippen LogP contribution in [0.4, 0.5) is 4.39 Å². The molecule has 0 spiro atoms. The van der Waals surface area contributed by atoms with E-state index in [9.17, 15) is 9.18 Å². The summed E-state index contributed by atoms with van der Waals surface area (Å²) in [6, 6.07) is 14.8. The van der Waals surface area contributed by atoms with E-state index in [0.717, 1.165) is 5.56 Å². The Morgan fingerprint density at radius 3 is 2.71 bits per heavy atom. The van der Waals surface area contributed by atoms with Gasteiger partial charge in [0.1, 0.15) is 17.3 Å². The number of carbonyl (C=O) groups excluding carboxylic acids is 1. The third kappa shape index (κ3) is 4.75. The Labute approximate surface area is 162 Å². The van der Waals surface area contributed by atoms with Crippen molar-refractivity contribution in [3.05, 3.63) is 71.7 Å². The van der Waals surface area contributed by atoms with Gasteiger partial charge in [-0.1, -0.05) is 23.4 Å². The zero-order valence-electron chi connectivity index (χ0n) is 15.7. The maximum atomic E-state index is 13.5. The summed E-state index contributed by atoms with van der Waals surface area (Å²) < 4.78 is 29.2. The quantitative estimate of drug-likeness (QED) is 0.591. The molecule has 0 atom stereocenters. The number of hydrogen-bond donors (Lipinski definition) is 0. The lowest BCUT2D eigenvalue weighted by Crippen LogP contribution is -2.33. The van der Waals surface area contributed by atoms with Gasteiger partial charge in [0.25, 0.3) is 5.91 Å². The van der Waals surface area contributed by atoms with E-state index in [1.54, 1.807) is 31.3 Å². The van der Waals surface area contributed by atoms with Gasteiger partial charge < -0.3 is 18.9 Å². The average Bonchev–Trinajstić information content (AvgIpc) is 3.19. The minimum Gasteiger partial charge on any atom is -0.497 e. The van der Waals surface area contributed by atoms with Gasteiger partial charge in [0.05, 0.1) is 20.3 Å². The Balaban J connectivity index is 1.79. The first kappa shape index (κ1) is 19.6. The van der Waals surface area contributed by atoms with Crippen LogP contribution in [0.15, 0.2) is 59.1 Å². The fourth-order valence-corrected chi connectivity index (χ4v) is 2.75. The summed E-state index contributed by atoms with van der Waals surface area (Å²) in [5.74, 6) is 0.513. The largest absolute Gasteiger partial charge is 0.497 e. The minimum atomic E-state index is -0.459. The van der Waals surface area contributed by atoms with Gasteiger partial charge in [0, 0.05) is 30.8 Å². The lowest BCUT2D eigenvalue weighted by molar-refractivity contribution is 0.0675. The zero-order chi connectivity index (χ0) is 19.9. The Morgan fingerprint density at radius 2 is 1.96 bits per heavy atom. The van der Waals surface area contributed by atoms with Gasteiger partial charge in [-0.05, 0) is 30.3 Å². The molecule has 3 aromatic rings. The summed E-state index contributed by atoms with van der Waals surface area (Å²) in [6.07, 6.45) is 0. The van der Waals surface area contributed by atoms with Gasteiger partial charge in [-0.15, -0.1) is 0 Å². The molecule has 0 bridgehead atoms. The smallest absolute Gasteiger partial charge is 0.254 e. The second-order valence-electron chi connectivity index (χ2n) is 6.14. The molecule has 1 amide bonds. The molecular weight excluding hydrogens is 363 g/mol. The monoisotopic (exact) mass is 384 g/mol. The molecule has 1 heterocycles. The number of amides is 1. The molecule has 0 saturated heterocycles. The number of methoxy groups -OCH3 is 2. The average molecular weight is 384 g/mol. The highest BCUT2D eigenvalue weighted by molar-refractivity contribution is 5.94. The lowest BCUT2D eigenvalue weighted by Gasteiger charge is -2.21. The van der Waals surface area contributed by atoms with Crippen molar-refractivity contribution in [2.75, 3.05) is 27.4 Å². The highest BCUT2D eigenvalue weighted by Crippen LogP contribution is 2.25. The van der Waals surface area contributed by atoms with Crippen molar-refractivity contribution in [1.82, 2.24) is 10.1 Å². The van der Waals surface area contributed by atoms with Gasteiger partial charge >= 0.3 is 0 Å². The van der Waals surface area contributed by atoms with Gasteiger partial charge in [-0.3, -0.25) is 4.79 Å². The first-order valence-electron chi connectivity index (χ1n) is 8.74. The highest BCUT2D eigenvalue weighted by atomic mass is 19.1. The van der Waals surface area contributed by atoms with Crippen molar-refractivity contribution >= 4 is 5.91 Å². The normalized spacial score (nSPS) is 10.7. The molecule has 0 aliphatic rings. The van der Waals surface area contributed by atoms with E-state index in [1.165, 1.54) is 18.2 Å². The van der Waals surface area contributed by atoms with Gasteiger partial charge in [-0.25, -0.2) is 4.39 Å². The number of ether oxygens (including phenoxy) is 2. The lowest BCUT2D eigenvalue weighted by atomic mass is 10.1. The van der Waals surface area contributed by atoms with Crippen LogP contribution in [-0.4, -0.2) is 43.3 Å². The van der Waals surface area contributed by atoms with Crippen molar-refractivity contribution in [2.45, 2.75) is 6.54 Å². The number of carbonyl (C=O) groups is 1. The van der Waals surface area contributed by atoms with Crippen molar-refractivity contribution in [3.8, 4) is 17.1 Å². The maximum Gasteiger partial charge on any atom is 0.254 e. The topological polar surface area (TPSA) is 64.8 Å². The molecule has 7 heteroatoms. The molecule has 6 nitrogen and oxygen atoms in total. The number of hydrogen-bond acceptors (Lipinski definition) is 5. The van der Waals surface area contributed by atoms with Crippen molar-refractivity contribution in [2.24, 2.45) is 0 Å². The molecular formula is C21H21FN2O4. The van der Waals surface area contributed by atoms with E-state index < -0.39 is 5.82 Å². The molecule has 28 heavy (non-hydrogen) atoms. The number of aromatic nitrogens is 1. The second kappa shape index (κ2) is 9.14. The van der Waals surface area contributed by atoms with Crippen molar-refractivity contribution in [3.63, 3.8) is 0 Å². The SMILES string of the molecule is COCCN(Cc1cc(-c2cccc(OC)c2)on1)C(=O)c1cccc(F)c1. The van der Waals surface area contributed by atoms with Crippen LogP contribution in [0.2, 0.25) is 0 Å². The Morgan fingerprint density at radius 1 is 1.14 bits per heavy atom. The number of halogens is 1. The molecule has 146 valence electrons. The van der Waals surface area contributed by atoms with Crippen LogP contribution in [0.25, 0.3) is 11.3 Å². The maximum absolute atomic E-state index is 13.5. The predicted molar refractivity (Wildman–Crippen MR) is 102 cm³/mol. The summed E-state index contributed by atoms with van der Waals surface area (Å²) in [5, 5.41) is 4.06. The summed E-state index contributed by atoms with van der Waals surface area (Å²) in [6.45, 7) is 0.904. The predicted octanol–water partition coefficient (Wildman–Crippen LogP) is 3.78. The molecule has 0 radical (unpaired) electrons. The van der Waals surface area contributed by atoms with Crippen LogP contribution in [0.1, 0.15) is 16.1 Å². The molecule has 0 aliphatic heterocycles. The van der Waals surface area contributed by atoms with Gasteiger partial charge in [-0.2, -0.15) is 0 Å². The Hall–Kier alpha value is -3.19. The molecule has 0 unspecified atom stereocenters. The van der Waals surface area contributed by atoms with Crippen LogP contribution in [0.5, 0.6) is 5.75 Å². The van der Waals surface area contributed by atoms with Crippen LogP contribution < -0.4 is 4.74 Å². The Kier molecular flexibility index (Phi) is 6.39. The van der Waals surface area contributed by atoms with E-state index in [4.69, 9.17) is 14.0 Å². The Bertz CT molecular complexity index is 941. The first-order chi connectivity index (χ1) is 13.6. The second-order valence-corrected chi connectivity index (χ2v) is 6.14. The van der Waals surface area contributed by atoms with Crippen LogP contribution >= 0.6 is 0 Å². The van der Waals surface area contributed by atoms with E-state index >= 15 is 0 Å². The third-order valence-corrected chi connectivity index (χ3v) is 4.19. The summed E-state index contributed by atoms with van der Waals surface area (Å²) in [7, 11) is 3.15. The van der Waals surface area contributed by atoms with Crippen LogP contribution in [0, 0.1) is 5.82 Å². The molecule has 0 fully saturated rings. The van der Waals surface area contributed by atoms with Crippen molar-refractivity contribution < 1.29 is 23.2 Å². The van der Waals surface area contributed by atoms with Gasteiger partial charge in [0.15, 0.2) is 5.76 Å². The third-order valence-electron chi connectivity index (χ3n) is 4.19. The number of benzene rings is 2. The van der Waals surface area contributed by atoms with Crippen molar-refractivity contribution in [1.29, 1.82) is 0 Å². The number of rotatable bonds is 8. The molecule has 0 saturated carbocycles. The summed E-state index contributed by atoms with van der Waals surface area (Å²) in [5.41, 5.74) is 1.67. The summed E-state index contributed by atoms with van der Waals surface area (Å²) >= 11 is 0. The fourth-order valence-electron chi connectivity index (χ4n) is 2.75. The molecule has 0 aliphatic carbocycles. The fraction of sp³-hybridized carbons (Fsp3) is 0.238. The number of nitrogens with zero attached hydrogens (tertiary/aromatic N) is 2. The van der Waals surface area contributed by atoms with Crippen LogP contribution in [0.3, 0.4) is 0 Å². The zero-order valence-corrected chi connectivity index (χ0v) is 15.7. The molecule has 0 N–H and O–H groups in total. The molecule has 2 aromatic carbocycles. The van der Waals surface area contributed by atoms with Gasteiger partial charge in [0.2, 0.25) is 0 Å². The standard InChI is InChI=1S/C21H21FN2O4/c1-26-10-9-24(21(25)16-6-3-7-17(22)11-16)14-18-13-20(28-23-18)15-5-4-8-19(12-15)27-2/h3-8,11-13H,9-10,14H2,1-2H3. The molecule has 3 rings (SSSR count). The van der Waals surface area contributed by atoms with E-state index in [1.807, 2.05) is 24.3 Å². The van der Waals surface area contributed by atoms with E-state index in [0.29, 0.717) is 30.4 Å². The van der Waals surface area contributed by atoms with E-state index in [-0.39, 0.29) is 18.0 Å². The summed E-state index contributed by atoms with van der Waals surface area (Å²) in [4.78, 5) is 14.3. The van der Waals surface area contributed by atoms with Crippen LogP contribution in [-0.2, 0) is 11.3 Å².